The number of amides is 2. The number of rotatable bonds is 8. The zero-order valence-corrected chi connectivity index (χ0v) is 14.8. The standard InChI is InChI=1S/C19H20N2O6/c1-14(22)20-21-18(23)12-27-19(24)13-26-17-9-7-16(8-10-17)25-11-15-5-3-2-4-6-15/h2-10H,11-13H2,1H3,(H,20,22)(H,21,23). The maximum absolute atomic E-state index is 11.5. The van der Waals surface area contributed by atoms with Gasteiger partial charge in [0, 0.05) is 6.92 Å². The third-order valence-corrected chi connectivity index (χ3v) is 3.17. The molecule has 2 aromatic carbocycles. The molecule has 0 spiro atoms. The zero-order valence-electron chi connectivity index (χ0n) is 14.8. The summed E-state index contributed by atoms with van der Waals surface area (Å²) in [7, 11) is 0. The van der Waals surface area contributed by atoms with Gasteiger partial charge in [0.15, 0.2) is 13.2 Å². The molecule has 2 amide bonds. The van der Waals surface area contributed by atoms with Gasteiger partial charge in [-0.3, -0.25) is 20.4 Å². The van der Waals surface area contributed by atoms with Crippen LogP contribution in [0.4, 0.5) is 0 Å². The molecular formula is C19H20N2O6. The molecule has 0 saturated carbocycles. The molecule has 27 heavy (non-hydrogen) atoms. The van der Waals surface area contributed by atoms with Crippen molar-refractivity contribution in [2.45, 2.75) is 13.5 Å². The fourth-order valence-corrected chi connectivity index (χ4v) is 1.90. The number of benzene rings is 2. The first-order valence-corrected chi connectivity index (χ1v) is 8.13. The Morgan fingerprint density at radius 3 is 2.07 bits per heavy atom. The first-order valence-electron chi connectivity index (χ1n) is 8.13. The first-order chi connectivity index (χ1) is 13.0. The molecule has 2 N–H and O–H groups in total. The number of ether oxygens (including phenoxy) is 3. The highest BCUT2D eigenvalue weighted by Crippen LogP contribution is 2.18. The number of hydrogen-bond donors (Lipinski definition) is 2. The molecule has 2 rings (SSSR count). The van der Waals surface area contributed by atoms with E-state index in [1.165, 1.54) is 6.92 Å². The number of esters is 1. The molecule has 142 valence electrons. The molecule has 8 nitrogen and oxygen atoms in total. The Labute approximate surface area is 156 Å². The van der Waals surface area contributed by atoms with Crippen LogP contribution in [0.15, 0.2) is 54.6 Å². The lowest BCUT2D eigenvalue weighted by atomic mass is 10.2. The molecule has 0 aliphatic carbocycles. The van der Waals surface area contributed by atoms with Crippen LogP contribution < -0.4 is 20.3 Å². The van der Waals surface area contributed by atoms with Gasteiger partial charge in [-0.2, -0.15) is 0 Å². The van der Waals surface area contributed by atoms with Gasteiger partial charge in [0.25, 0.3) is 5.91 Å². The van der Waals surface area contributed by atoms with Gasteiger partial charge in [0.2, 0.25) is 5.91 Å². The number of carbonyl (C=O) groups is 3. The van der Waals surface area contributed by atoms with Crippen molar-refractivity contribution in [1.82, 2.24) is 10.9 Å². The van der Waals surface area contributed by atoms with Gasteiger partial charge in [0.05, 0.1) is 0 Å². The maximum atomic E-state index is 11.5. The zero-order chi connectivity index (χ0) is 19.5. The van der Waals surface area contributed by atoms with E-state index in [0.29, 0.717) is 18.1 Å². The molecule has 0 fully saturated rings. The van der Waals surface area contributed by atoms with Gasteiger partial charge < -0.3 is 14.2 Å². The third kappa shape index (κ3) is 7.91. The fourth-order valence-electron chi connectivity index (χ4n) is 1.90. The molecule has 0 unspecified atom stereocenters. The molecule has 0 aliphatic rings. The highest BCUT2D eigenvalue weighted by molar-refractivity contribution is 5.83. The first kappa shape index (κ1) is 19.8. The van der Waals surface area contributed by atoms with Crippen LogP contribution in [-0.2, 0) is 25.7 Å². The summed E-state index contributed by atoms with van der Waals surface area (Å²) in [6.07, 6.45) is 0. The summed E-state index contributed by atoms with van der Waals surface area (Å²) in [5.41, 5.74) is 5.21. The molecular weight excluding hydrogens is 352 g/mol. The number of hydrazine groups is 1. The lowest BCUT2D eigenvalue weighted by Crippen LogP contribution is -2.42. The lowest BCUT2D eigenvalue weighted by Gasteiger charge is -2.09. The van der Waals surface area contributed by atoms with E-state index in [1.54, 1.807) is 24.3 Å². The van der Waals surface area contributed by atoms with E-state index in [9.17, 15) is 14.4 Å². The van der Waals surface area contributed by atoms with Crippen LogP contribution in [0.1, 0.15) is 12.5 Å². The molecule has 2 aromatic rings. The van der Waals surface area contributed by atoms with Crippen molar-refractivity contribution in [2.75, 3.05) is 13.2 Å². The molecule has 0 aromatic heterocycles. The summed E-state index contributed by atoms with van der Waals surface area (Å²) in [5, 5.41) is 0. The van der Waals surface area contributed by atoms with Crippen molar-refractivity contribution in [2.24, 2.45) is 0 Å². The van der Waals surface area contributed by atoms with E-state index < -0.39 is 24.4 Å². The van der Waals surface area contributed by atoms with E-state index in [-0.39, 0.29) is 6.61 Å². The van der Waals surface area contributed by atoms with E-state index in [1.807, 2.05) is 30.3 Å². The van der Waals surface area contributed by atoms with E-state index >= 15 is 0 Å². The Hall–Kier alpha value is -3.55. The molecule has 0 bridgehead atoms. The van der Waals surface area contributed by atoms with Gasteiger partial charge >= 0.3 is 5.97 Å². The summed E-state index contributed by atoms with van der Waals surface area (Å²) < 4.78 is 15.7. The van der Waals surface area contributed by atoms with E-state index in [0.717, 1.165) is 5.56 Å². The minimum atomic E-state index is -0.711. The van der Waals surface area contributed by atoms with Crippen molar-refractivity contribution >= 4 is 17.8 Å². The molecule has 0 saturated heterocycles. The predicted molar refractivity (Wildman–Crippen MR) is 95.6 cm³/mol. The summed E-state index contributed by atoms with van der Waals surface area (Å²) in [6, 6.07) is 16.6. The Morgan fingerprint density at radius 1 is 0.815 bits per heavy atom. The van der Waals surface area contributed by atoms with Crippen molar-refractivity contribution in [3.8, 4) is 11.5 Å². The fraction of sp³-hybridized carbons (Fsp3) is 0.211. The second kappa shape index (κ2) is 10.4. The molecule has 0 aliphatic heterocycles. The molecule has 0 atom stereocenters. The van der Waals surface area contributed by atoms with Gasteiger partial charge in [-0.25, -0.2) is 4.79 Å². The summed E-state index contributed by atoms with van der Waals surface area (Å²) in [5.74, 6) is -0.671. The normalized spacial score (nSPS) is 9.81. The van der Waals surface area contributed by atoms with Crippen LogP contribution in [0.2, 0.25) is 0 Å². The average Bonchev–Trinajstić information content (AvgIpc) is 2.69. The summed E-state index contributed by atoms with van der Waals surface area (Å²) in [6.45, 7) is 0.818. The largest absolute Gasteiger partial charge is 0.489 e. The van der Waals surface area contributed by atoms with Gasteiger partial charge in [0.1, 0.15) is 18.1 Å². The Morgan fingerprint density at radius 2 is 1.44 bits per heavy atom. The SMILES string of the molecule is CC(=O)NNC(=O)COC(=O)COc1ccc(OCc2ccccc2)cc1. The number of nitrogens with one attached hydrogen (secondary N) is 2. The van der Waals surface area contributed by atoms with Crippen LogP contribution in [0.3, 0.4) is 0 Å². The number of hydrogen-bond acceptors (Lipinski definition) is 6. The Kier molecular flexibility index (Phi) is 7.65. The summed E-state index contributed by atoms with van der Waals surface area (Å²) >= 11 is 0. The van der Waals surface area contributed by atoms with Crippen LogP contribution in [0.25, 0.3) is 0 Å². The summed E-state index contributed by atoms with van der Waals surface area (Å²) in [4.78, 5) is 33.4. The highest BCUT2D eigenvalue weighted by Gasteiger charge is 2.08. The van der Waals surface area contributed by atoms with Crippen LogP contribution >= 0.6 is 0 Å². The molecule has 0 heterocycles. The quantitative estimate of drug-likeness (QED) is 0.536. The van der Waals surface area contributed by atoms with E-state index in [4.69, 9.17) is 14.2 Å². The minimum absolute atomic E-state index is 0.350. The van der Waals surface area contributed by atoms with Gasteiger partial charge in [-0.1, -0.05) is 30.3 Å². The van der Waals surface area contributed by atoms with Crippen molar-refractivity contribution in [3.63, 3.8) is 0 Å². The van der Waals surface area contributed by atoms with Crippen LogP contribution in [-0.4, -0.2) is 31.0 Å². The van der Waals surface area contributed by atoms with Crippen LogP contribution in [0.5, 0.6) is 11.5 Å². The monoisotopic (exact) mass is 372 g/mol. The second-order valence-corrected chi connectivity index (χ2v) is 5.42. The lowest BCUT2D eigenvalue weighted by molar-refractivity contribution is -0.150. The van der Waals surface area contributed by atoms with Crippen LogP contribution in [0, 0.1) is 0 Å². The van der Waals surface area contributed by atoms with Crippen molar-refractivity contribution < 1.29 is 28.6 Å². The van der Waals surface area contributed by atoms with Gasteiger partial charge in [-0.15, -0.1) is 0 Å². The second-order valence-electron chi connectivity index (χ2n) is 5.42. The maximum Gasteiger partial charge on any atom is 0.344 e. The Balaban J connectivity index is 1.67. The molecule has 8 heteroatoms. The van der Waals surface area contributed by atoms with Gasteiger partial charge in [-0.05, 0) is 29.8 Å². The smallest absolute Gasteiger partial charge is 0.344 e. The van der Waals surface area contributed by atoms with Crippen molar-refractivity contribution in [3.05, 3.63) is 60.2 Å². The third-order valence-electron chi connectivity index (χ3n) is 3.17. The highest BCUT2D eigenvalue weighted by atomic mass is 16.6. The average molecular weight is 372 g/mol. The topological polar surface area (TPSA) is 103 Å². The minimum Gasteiger partial charge on any atom is -0.489 e. The predicted octanol–water partition coefficient (Wildman–Crippen LogP) is 1.35. The molecule has 0 radical (unpaired) electrons. The van der Waals surface area contributed by atoms with Crippen molar-refractivity contribution in [1.29, 1.82) is 0 Å². The number of carbonyl (C=O) groups excluding carboxylic acids is 3. The van der Waals surface area contributed by atoms with E-state index in [2.05, 4.69) is 10.9 Å². The Bertz CT molecular complexity index is 762.